The lowest BCUT2D eigenvalue weighted by atomic mass is 9.97. The minimum absolute atomic E-state index is 0.181. The predicted octanol–water partition coefficient (Wildman–Crippen LogP) is 4.52. The Morgan fingerprint density at radius 1 is 1.00 bits per heavy atom. The lowest BCUT2D eigenvalue weighted by Crippen LogP contribution is -2.40. The number of hydrogen-bond acceptors (Lipinski definition) is 8. The second kappa shape index (κ2) is 12.3. The summed E-state index contributed by atoms with van der Waals surface area (Å²) >= 11 is 2.95. The Morgan fingerprint density at radius 2 is 1.71 bits per heavy atom. The fourth-order valence-corrected chi connectivity index (χ4v) is 5.79. The summed E-state index contributed by atoms with van der Waals surface area (Å²) in [6.07, 6.45) is 0.508. The first-order valence-electron chi connectivity index (χ1n) is 11.5. The second-order valence-corrected chi connectivity index (χ2v) is 11.2. The van der Waals surface area contributed by atoms with Gasteiger partial charge in [0.05, 0.1) is 24.5 Å². The van der Waals surface area contributed by atoms with Gasteiger partial charge in [-0.2, -0.15) is 19.8 Å². The number of nitrogens with zero attached hydrogens (tertiary/aromatic N) is 1. The van der Waals surface area contributed by atoms with Crippen molar-refractivity contribution < 1.29 is 27.3 Å². The maximum absolute atomic E-state index is 13.4. The van der Waals surface area contributed by atoms with E-state index >= 15 is 0 Å². The van der Waals surface area contributed by atoms with Crippen molar-refractivity contribution in [2.75, 3.05) is 11.8 Å². The minimum atomic E-state index is -4.40. The van der Waals surface area contributed by atoms with E-state index in [4.69, 9.17) is 14.3 Å². The van der Waals surface area contributed by atoms with Crippen molar-refractivity contribution in [3.05, 3.63) is 92.9 Å². The van der Waals surface area contributed by atoms with E-state index in [0.29, 0.717) is 11.4 Å². The van der Waals surface area contributed by atoms with Crippen LogP contribution in [0.15, 0.2) is 76.8 Å². The third kappa shape index (κ3) is 7.48. The number of esters is 1. The first kappa shape index (κ1) is 27.5. The molecule has 2 atom stereocenters. The van der Waals surface area contributed by atoms with Gasteiger partial charge in [0.1, 0.15) is 10.9 Å². The summed E-state index contributed by atoms with van der Waals surface area (Å²) < 4.78 is 38.1. The molecule has 2 aromatic carbocycles. The first-order valence-corrected chi connectivity index (χ1v) is 14.7. The van der Waals surface area contributed by atoms with Crippen molar-refractivity contribution >= 4 is 50.5 Å². The highest BCUT2D eigenvalue weighted by Gasteiger charge is 2.31. The Kier molecular flexibility index (Phi) is 8.89. The quantitative estimate of drug-likeness (QED) is 0.137. The van der Waals surface area contributed by atoms with Crippen LogP contribution in [-0.2, 0) is 37.5 Å². The fraction of sp³-hybridized carbons (Fsp3) is 0.192. The summed E-state index contributed by atoms with van der Waals surface area (Å²) in [5, 5.41) is 9.50. The zero-order chi connectivity index (χ0) is 27.1. The Hall–Kier alpha value is -3.58. The third-order valence-electron chi connectivity index (χ3n) is 5.68. The standard InChI is InChI=1S/C26H25N3O6S3/c1-35-26(31)21(13-17-5-3-2-4-6-17)24(30)27-22(25-28-23(16-37-25)19-11-12-36-15-19)14-18-7-9-20(10-8-18)29-38(32,33)34/h2-12,15-16,21-22,29H,13-14H2,1H3,(H,27,30)(H,32,33,34). The molecule has 38 heavy (non-hydrogen) atoms. The van der Waals surface area contributed by atoms with Gasteiger partial charge in [0.2, 0.25) is 5.91 Å². The molecule has 0 aliphatic heterocycles. The molecule has 0 saturated carbocycles. The highest BCUT2D eigenvalue weighted by atomic mass is 32.2. The summed E-state index contributed by atoms with van der Waals surface area (Å²) in [5.41, 5.74) is 3.55. The molecule has 198 valence electrons. The van der Waals surface area contributed by atoms with E-state index in [1.165, 1.54) is 30.6 Å². The van der Waals surface area contributed by atoms with Gasteiger partial charge in [-0.05, 0) is 47.5 Å². The Morgan fingerprint density at radius 3 is 2.34 bits per heavy atom. The molecule has 9 nitrogen and oxygen atoms in total. The second-order valence-electron chi connectivity index (χ2n) is 8.39. The van der Waals surface area contributed by atoms with Crippen molar-refractivity contribution in [2.24, 2.45) is 5.92 Å². The van der Waals surface area contributed by atoms with Gasteiger partial charge in [-0.3, -0.25) is 18.9 Å². The van der Waals surface area contributed by atoms with Crippen LogP contribution in [0.2, 0.25) is 0 Å². The molecule has 0 saturated heterocycles. The SMILES string of the molecule is COC(=O)C(Cc1ccccc1)C(=O)NC(Cc1ccc(NS(=O)(=O)O)cc1)c1nc(-c2ccsc2)cs1. The van der Waals surface area contributed by atoms with Crippen LogP contribution in [0.5, 0.6) is 0 Å². The van der Waals surface area contributed by atoms with E-state index in [2.05, 4.69) is 5.32 Å². The Balaban J connectivity index is 1.59. The van der Waals surface area contributed by atoms with Crippen LogP contribution in [0, 0.1) is 5.92 Å². The Bertz CT molecular complexity index is 1470. The van der Waals surface area contributed by atoms with Gasteiger partial charge in [-0.15, -0.1) is 11.3 Å². The topological polar surface area (TPSA) is 135 Å². The van der Waals surface area contributed by atoms with E-state index in [1.807, 2.05) is 57.3 Å². The van der Waals surface area contributed by atoms with Crippen LogP contribution in [0.1, 0.15) is 22.2 Å². The highest BCUT2D eigenvalue weighted by Crippen LogP contribution is 2.29. The van der Waals surface area contributed by atoms with Crippen molar-refractivity contribution in [3.8, 4) is 11.3 Å². The maximum Gasteiger partial charge on any atom is 0.357 e. The van der Waals surface area contributed by atoms with Gasteiger partial charge in [0.25, 0.3) is 0 Å². The van der Waals surface area contributed by atoms with Crippen LogP contribution in [0.25, 0.3) is 11.3 Å². The molecule has 1 amide bonds. The number of rotatable bonds is 11. The number of anilines is 1. The lowest BCUT2D eigenvalue weighted by molar-refractivity contribution is -0.150. The molecular weight excluding hydrogens is 547 g/mol. The minimum Gasteiger partial charge on any atom is -0.468 e. The zero-order valence-electron chi connectivity index (χ0n) is 20.2. The molecule has 2 aromatic heterocycles. The van der Waals surface area contributed by atoms with E-state index < -0.39 is 34.1 Å². The number of thiophene rings is 1. The van der Waals surface area contributed by atoms with Gasteiger partial charge >= 0.3 is 16.3 Å². The zero-order valence-corrected chi connectivity index (χ0v) is 22.7. The van der Waals surface area contributed by atoms with Crippen LogP contribution >= 0.6 is 22.7 Å². The number of carbonyl (C=O) groups excluding carboxylic acids is 2. The van der Waals surface area contributed by atoms with Crippen LogP contribution in [0.4, 0.5) is 5.69 Å². The van der Waals surface area contributed by atoms with Crippen LogP contribution in [0.3, 0.4) is 0 Å². The summed E-state index contributed by atoms with van der Waals surface area (Å²) in [6, 6.07) is 17.0. The van der Waals surface area contributed by atoms with Crippen molar-refractivity contribution in [2.45, 2.75) is 18.9 Å². The summed E-state index contributed by atoms with van der Waals surface area (Å²) in [5.74, 6) is -2.17. The monoisotopic (exact) mass is 571 g/mol. The summed E-state index contributed by atoms with van der Waals surface area (Å²) in [6.45, 7) is 0. The number of ether oxygens (including phenoxy) is 1. The summed E-state index contributed by atoms with van der Waals surface area (Å²) in [4.78, 5) is 30.8. The van der Waals surface area contributed by atoms with Gasteiger partial charge < -0.3 is 10.1 Å². The maximum atomic E-state index is 13.4. The lowest BCUT2D eigenvalue weighted by Gasteiger charge is -2.21. The fourth-order valence-electron chi connectivity index (χ4n) is 3.83. The molecule has 4 aromatic rings. The van der Waals surface area contributed by atoms with E-state index in [1.54, 1.807) is 23.5 Å². The number of nitrogens with one attached hydrogen (secondary N) is 2. The van der Waals surface area contributed by atoms with Gasteiger partial charge in [0.15, 0.2) is 0 Å². The molecule has 3 N–H and O–H groups in total. The van der Waals surface area contributed by atoms with Crippen molar-refractivity contribution in [1.82, 2.24) is 10.3 Å². The van der Waals surface area contributed by atoms with Crippen molar-refractivity contribution in [1.29, 1.82) is 0 Å². The first-order chi connectivity index (χ1) is 18.2. The van der Waals surface area contributed by atoms with Gasteiger partial charge in [-0.1, -0.05) is 42.5 Å². The van der Waals surface area contributed by atoms with E-state index in [-0.39, 0.29) is 12.1 Å². The smallest absolute Gasteiger partial charge is 0.357 e. The molecular formula is C26H25N3O6S3. The third-order valence-corrected chi connectivity index (χ3v) is 7.81. The Labute approximate surface area is 228 Å². The molecule has 4 rings (SSSR count). The van der Waals surface area contributed by atoms with E-state index in [0.717, 1.165) is 22.4 Å². The van der Waals surface area contributed by atoms with Gasteiger partial charge in [0, 0.05) is 16.3 Å². The molecule has 12 heteroatoms. The summed E-state index contributed by atoms with van der Waals surface area (Å²) in [7, 11) is -3.14. The van der Waals surface area contributed by atoms with Crippen LogP contribution < -0.4 is 10.0 Å². The van der Waals surface area contributed by atoms with Crippen molar-refractivity contribution in [3.63, 3.8) is 0 Å². The number of thiazole rings is 1. The molecule has 2 heterocycles. The normalized spacial score (nSPS) is 12.9. The van der Waals surface area contributed by atoms with Gasteiger partial charge in [-0.25, -0.2) is 4.98 Å². The predicted molar refractivity (Wildman–Crippen MR) is 147 cm³/mol. The van der Waals surface area contributed by atoms with E-state index in [9.17, 15) is 18.0 Å². The molecule has 2 unspecified atom stereocenters. The number of carbonyl (C=O) groups is 2. The highest BCUT2D eigenvalue weighted by molar-refractivity contribution is 7.87. The molecule has 0 fully saturated rings. The van der Waals surface area contributed by atoms with Crippen LogP contribution in [-0.4, -0.2) is 36.9 Å². The molecule has 0 radical (unpaired) electrons. The molecule has 0 spiro atoms. The average Bonchev–Trinajstić information content (AvgIpc) is 3.60. The number of hydrogen-bond donors (Lipinski definition) is 3. The molecule has 0 aliphatic rings. The number of methoxy groups -OCH3 is 1. The number of aromatic nitrogens is 1. The largest absolute Gasteiger partial charge is 0.468 e. The number of amides is 1. The molecule has 0 aliphatic carbocycles. The average molecular weight is 572 g/mol. The molecule has 0 bridgehead atoms. The number of benzene rings is 2.